The Balaban J connectivity index is 1.92. The van der Waals surface area contributed by atoms with Gasteiger partial charge in [-0.25, -0.2) is 4.79 Å². The van der Waals surface area contributed by atoms with E-state index < -0.39 is 5.97 Å². The highest BCUT2D eigenvalue weighted by Crippen LogP contribution is 2.20. The minimum atomic E-state index is -1.02. The molecule has 1 heterocycles. The van der Waals surface area contributed by atoms with Gasteiger partial charge in [-0.1, -0.05) is 23.3 Å². The van der Waals surface area contributed by atoms with Crippen molar-refractivity contribution in [3.05, 3.63) is 54.1 Å². The molecule has 0 atom stereocenters. The highest BCUT2D eigenvalue weighted by molar-refractivity contribution is 5.88. The molecule has 1 aromatic heterocycles. The Bertz CT molecular complexity index is 789. The zero-order valence-corrected chi connectivity index (χ0v) is 10.2. The lowest BCUT2D eigenvalue weighted by atomic mass is 10.2. The molecule has 0 aliphatic rings. The number of carbonyl (C=O) groups is 1. The van der Waals surface area contributed by atoms with Crippen LogP contribution in [0.4, 0.5) is 0 Å². The summed E-state index contributed by atoms with van der Waals surface area (Å²) in [5.74, 6) is -0.671. The van der Waals surface area contributed by atoms with Crippen molar-refractivity contribution < 1.29 is 14.6 Å². The van der Waals surface area contributed by atoms with Crippen LogP contribution in [0.2, 0.25) is 0 Å². The number of para-hydroxylation sites is 1. The number of hydrogen-bond acceptors (Lipinski definition) is 5. The van der Waals surface area contributed by atoms with Crippen LogP contribution in [0.15, 0.2) is 48.5 Å². The van der Waals surface area contributed by atoms with Gasteiger partial charge in [-0.15, -0.1) is 5.10 Å². The Morgan fingerprint density at radius 2 is 1.80 bits per heavy atom. The van der Waals surface area contributed by atoms with Crippen molar-refractivity contribution in [1.29, 1.82) is 0 Å². The average molecular weight is 267 g/mol. The van der Waals surface area contributed by atoms with E-state index in [2.05, 4.69) is 15.2 Å². The summed E-state index contributed by atoms with van der Waals surface area (Å²) in [6.45, 7) is 0. The number of aromatic nitrogens is 3. The second kappa shape index (κ2) is 4.93. The van der Waals surface area contributed by atoms with Gasteiger partial charge in [0.15, 0.2) is 0 Å². The van der Waals surface area contributed by atoms with E-state index in [-0.39, 0.29) is 11.6 Å². The maximum atomic E-state index is 10.9. The van der Waals surface area contributed by atoms with Gasteiger partial charge in [-0.2, -0.15) is 4.98 Å². The van der Waals surface area contributed by atoms with Crippen LogP contribution in [-0.4, -0.2) is 26.3 Å². The van der Waals surface area contributed by atoms with E-state index in [0.717, 1.165) is 0 Å². The van der Waals surface area contributed by atoms with Crippen molar-refractivity contribution >= 4 is 17.0 Å². The number of aromatic carboxylic acids is 1. The summed E-state index contributed by atoms with van der Waals surface area (Å²) in [6, 6.07) is 13.5. The number of carboxylic acids is 1. The van der Waals surface area contributed by atoms with Crippen LogP contribution in [0.5, 0.6) is 11.8 Å². The van der Waals surface area contributed by atoms with E-state index in [1.54, 1.807) is 24.3 Å². The molecule has 0 unspecified atom stereocenters. The van der Waals surface area contributed by atoms with Gasteiger partial charge in [0.05, 0.1) is 11.1 Å². The molecule has 0 saturated heterocycles. The highest BCUT2D eigenvalue weighted by atomic mass is 16.5. The van der Waals surface area contributed by atoms with Crippen LogP contribution in [0.1, 0.15) is 10.4 Å². The Hall–Kier alpha value is -3.02. The number of benzene rings is 2. The SMILES string of the molecule is O=C(O)c1cccc(Oc2nnc3ccccc3n2)c1. The molecule has 0 radical (unpaired) electrons. The van der Waals surface area contributed by atoms with Gasteiger partial charge in [0.2, 0.25) is 0 Å². The molecule has 6 heteroatoms. The first-order chi connectivity index (χ1) is 9.72. The lowest BCUT2D eigenvalue weighted by molar-refractivity contribution is 0.0696. The standard InChI is InChI=1S/C14H9N3O3/c18-13(19)9-4-3-5-10(8-9)20-14-15-11-6-1-2-7-12(11)16-17-14/h1-8H,(H,18,19). The summed E-state index contributed by atoms with van der Waals surface area (Å²) >= 11 is 0. The Labute approximate surface area is 113 Å². The number of hydrogen-bond donors (Lipinski definition) is 1. The van der Waals surface area contributed by atoms with Crippen LogP contribution < -0.4 is 4.74 Å². The fraction of sp³-hybridized carbons (Fsp3) is 0. The van der Waals surface area contributed by atoms with Gasteiger partial charge in [0.1, 0.15) is 11.3 Å². The first-order valence-corrected chi connectivity index (χ1v) is 5.83. The quantitative estimate of drug-likeness (QED) is 0.784. The Morgan fingerprint density at radius 1 is 1.00 bits per heavy atom. The molecule has 3 aromatic rings. The molecule has 3 rings (SSSR count). The van der Waals surface area contributed by atoms with Crippen molar-refractivity contribution in [2.45, 2.75) is 0 Å². The first kappa shape index (κ1) is 12.0. The zero-order chi connectivity index (χ0) is 13.9. The normalized spacial score (nSPS) is 10.4. The molecule has 2 aromatic carbocycles. The second-order valence-corrected chi connectivity index (χ2v) is 4.02. The van der Waals surface area contributed by atoms with Crippen molar-refractivity contribution in [3.63, 3.8) is 0 Å². The van der Waals surface area contributed by atoms with E-state index in [4.69, 9.17) is 9.84 Å². The van der Waals surface area contributed by atoms with Crippen LogP contribution in [-0.2, 0) is 0 Å². The van der Waals surface area contributed by atoms with Crippen LogP contribution >= 0.6 is 0 Å². The minimum absolute atomic E-state index is 0.0752. The number of nitrogens with zero attached hydrogens (tertiary/aromatic N) is 3. The summed E-state index contributed by atoms with van der Waals surface area (Å²) in [6.07, 6.45) is 0. The lowest BCUT2D eigenvalue weighted by Crippen LogP contribution is -1.98. The molecule has 20 heavy (non-hydrogen) atoms. The molecule has 0 bridgehead atoms. The second-order valence-electron chi connectivity index (χ2n) is 4.02. The van der Waals surface area contributed by atoms with Crippen LogP contribution in [0.25, 0.3) is 11.0 Å². The molecule has 1 N–H and O–H groups in total. The van der Waals surface area contributed by atoms with E-state index in [0.29, 0.717) is 16.8 Å². The number of rotatable bonds is 3. The largest absolute Gasteiger partial charge is 0.478 e. The fourth-order valence-electron chi connectivity index (χ4n) is 1.71. The van der Waals surface area contributed by atoms with E-state index in [9.17, 15) is 4.79 Å². The number of fused-ring (bicyclic) bond motifs is 1. The third-order valence-corrected chi connectivity index (χ3v) is 2.63. The summed E-state index contributed by atoms with van der Waals surface area (Å²) in [4.78, 5) is 15.1. The molecule has 0 amide bonds. The maximum absolute atomic E-state index is 10.9. The molecule has 0 spiro atoms. The molecule has 0 saturated carbocycles. The van der Waals surface area contributed by atoms with Crippen LogP contribution in [0.3, 0.4) is 0 Å². The van der Waals surface area contributed by atoms with Crippen molar-refractivity contribution in [1.82, 2.24) is 15.2 Å². The van der Waals surface area contributed by atoms with Crippen LogP contribution in [0, 0.1) is 0 Å². The van der Waals surface area contributed by atoms with Crippen molar-refractivity contribution in [2.24, 2.45) is 0 Å². The topological polar surface area (TPSA) is 85.2 Å². The van der Waals surface area contributed by atoms with Crippen molar-refractivity contribution in [2.75, 3.05) is 0 Å². The molecule has 0 aliphatic carbocycles. The predicted molar refractivity (Wildman–Crippen MR) is 70.8 cm³/mol. The fourth-order valence-corrected chi connectivity index (χ4v) is 1.71. The Kier molecular flexibility index (Phi) is 2.96. The summed E-state index contributed by atoms with van der Waals surface area (Å²) in [5, 5.41) is 16.7. The summed E-state index contributed by atoms with van der Waals surface area (Å²) < 4.78 is 5.43. The highest BCUT2D eigenvalue weighted by Gasteiger charge is 2.07. The number of ether oxygens (including phenoxy) is 1. The molecular weight excluding hydrogens is 258 g/mol. The van der Waals surface area contributed by atoms with Crippen molar-refractivity contribution in [3.8, 4) is 11.8 Å². The minimum Gasteiger partial charge on any atom is -0.478 e. The molecular formula is C14H9N3O3. The van der Waals surface area contributed by atoms with Gasteiger partial charge in [-0.05, 0) is 30.3 Å². The maximum Gasteiger partial charge on any atom is 0.341 e. The van der Waals surface area contributed by atoms with Gasteiger partial charge in [0, 0.05) is 0 Å². The summed E-state index contributed by atoms with van der Waals surface area (Å²) in [7, 11) is 0. The first-order valence-electron chi connectivity index (χ1n) is 5.83. The third kappa shape index (κ3) is 2.39. The Morgan fingerprint density at radius 3 is 2.60 bits per heavy atom. The van der Waals surface area contributed by atoms with E-state index >= 15 is 0 Å². The molecule has 6 nitrogen and oxygen atoms in total. The monoisotopic (exact) mass is 267 g/mol. The lowest BCUT2D eigenvalue weighted by Gasteiger charge is -2.04. The van der Waals surface area contributed by atoms with Gasteiger partial charge in [0.25, 0.3) is 0 Å². The van der Waals surface area contributed by atoms with Gasteiger partial charge >= 0.3 is 12.0 Å². The molecule has 98 valence electrons. The zero-order valence-electron chi connectivity index (χ0n) is 10.2. The van der Waals surface area contributed by atoms with Gasteiger partial charge < -0.3 is 9.84 Å². The average Bonchev–Trinajstić information content (AvgIpc) is 2.47. The smallest absolute Gasteiger partial charge is 0.341 e. The molecule has 0 aliphatic heterocycles. The molecule has 0 fully saturated rings. The van der Waals surface area contributed by atoms with E-state index in [1.165, 1.54) is 12.1 Å². The number of carboxylic acid groups (broad SMARTS) is 1. The summed E-state index contributed by atoms with van der Waals surface area (Å²) in [5.41, 5.74) is 1.46. The van der Waals surface area contributed by atoms with E-state index in [1.807, 2.05) is 12.1 Å². The predicted octanol–water partition coefficient (Wildman–Crippen LogP) is 2.52. The van der Waals surface area contributed by atoms with Gasteiger partial charge in [-0.3, -0.25) is 0 Å². The third-order valence-electron chi connectivity index (χ3n) is 2.63.